The van der Waals surface area contributed by atoms with Crippen LogP contribution >= 0.6 is 11.3 Å². The molecule has 2 rings (SSSR count). The fraction of sp³-hybridized carbons (Fsp3) is 0.176. The highest BCUT2D eigenvalue weighted by molar-refractivity contribution is 7.12. The number of carbonyl (C=O) groups is 3. The number of hydrogen-bond donors (Lipinski definition) is 3. The third kappa shape index (κ3) is 6.08. The van der Waals surface area contributed by atoms with Crippen LogP contribution in [0.5, 0.6) is 0 Å². The Morgan fingerprint density at radius 3 is 2.36 bits per heavy atom. The minimum Gasteiger partial charge on any atom is -0.345 e. The Morgan fingerprint density at radius 2 is 1.72 bits per heavy atom. The van der Waals surface area contributed by atoms with Gasteiger partial charge in [-0.05, 0) is 29.1 Å². The highest BCUT2D eigenvalue weighted by Crippen LogP contribution is 2.09. The van der Waals surface area contributed by atoms with Gasteiger partial charge in [0.05, 0.1) is 30.5 Å². The first-order chi connectivity index (χ1) is 12.1. The molecule has 1 aromatic carbocycles. The lowest BCUT2D eigenvalue weighted by Gasteiger charge is -2.08. The zero-order valence-corrected chi connectivity index (χ0v) is 14.1. The molecule has 25 heavy (non-hydrogen) atoms. The van der Waals surface area contributed by atoms with Gasteiger partial charge in [0.25, 0.3) is 5.91 Å². The summed E-state index contributed by atoms with van der Waals surface area (Å²) >= 11 is 1.28. The minimum absolute atomic E-state index is 0.201. The Kier molecular flexibility index (Phi) is 6.68. The van der Waals surface area contributed by atoms with Gasteiger partial charge in [-0.15, -0.1) is 11.3 Å². The van der Waals surface area contributed by atoms with Gasteiger partial charge in [0, 0.05) is 5.69 Å². The van der Waals surface area contributed by atoms with Gasteiger partial charge in [-0.1, -0.05) is 18.2 Å². The Balaban J connectivity index is 1.69. The van der Waals surface area contributed by atoms with E-state index in [9.17, 15) is 14.4 Å². The van der Waals surface area contributed by atoms with Crippen LogP contribution in [0.3, 0.4) is 0 Å². The van der Waals surface area contributed by atoms with Gasteiger partial charge in [0.15, 0.2) is 0 Å². The van der Waals surface area contributed by atoms with Crippen molar-refractivity contribution >= 4 is 34.7 Å². The molecular weight excluding hydrogens is 340 g/mol. The topological polar surface area (TPSA) is 111 Å². The summed E-state index contributed by atoms with van der Waals surface area (Å²) in [7, 11) is 0. The lowest BCUT2D eigenvalue weighted by molar-refractivity contribution is -0.123. The van der Waals surface area contributed by atoms with Gasteiger partial charge >= 0.3 is 0 Å². The summed E-state index contributed by atoms with van der Waals surface area (Å²) in [6.45, 7) is -0.402. The number of nitrogens with one attached hydrogen (secondary N) is 3. The number of carbonyl (C=O) groups excluding carboxylic acids is 3. The molecule has 0 unspecified atom stereocenters. The minimum atomic E-state index is -0.454. The van der Waals surface area contributed by atoms with Crippen LogP contribution in [-0.4, -0.2) is 30.8 Å². The molecule has 0 radical (unpaired) electrons. The van der Waals surface area contributed by atoms with Crippen molar-refractivity contribution in [2.75, 3.05) is 18.4 Å². The Labute approximate surface area is 148 Å². The standard InChI is InChI=1S/C17H16N4O3S/c18-8-7-12-3-5-13(6-4-12)21-16(23)11-19-15(22)10-20-17(24)14-2-1-9-25-14/h1-6,9H,7,10-11H2,(H,19,22)(H,20,24)(H,21,23). The van der Waals surface area contributed by atoms with E-state index < -0.39 is 5.91 Å². The molecule has 8 heteroatoms. The second kappa shape index (κ2) is 9.20. The van der Waals surface area contributed by atoms with E-state index in [-0.39, 0.29) is 24.9 Å². The van der Waals surface area contributed by atoms with Gasteiger partial charge in [0.1, 0.15) is 0 Å². The molecule has 0 saturated heterocycles. The summed E-state index contributed by atoms with van der Waals surface area (Å²) in [6.07, 6.45) is 0.307. The third-order valence-electron chi connectivity index (χ3n) is 3.12. The van der Waals surface area contributed by atoms with E-state index >= 15 is 0 Å². The number of anilines is 1. The maximum atomic E-state index is 11.8. The van der Waals surface area contributed by atoms with E-state index in [4.69, 9.17) is 5.26 Å². The van der Waals surface area contributed by atoms with Crippen LogP contribution in [0.15, 0.2) is 41.8 Å². The number of nitrogens with zero attached hydrogens (tertiary/aromatic N) is 1. The van der Waals surface area contributed by atoms with Crippen molar-refractivity contribution in [3.05, 3.63) is 52.2 Å². The van der Waals surface area contributed by atoms with Crippen molar-refractivity contribution in [1.82, 2.24) is 10.6 Å². The quantitative estimate of drug-likeness (QED) is 0.694. The molecular formula is C17H16N4O3S. The number of hydrogen-bond acceptors (Lipinski definition) is 5. The lowest BCUT2D eigenvalue weighted by Crippen LogP contribution is -2.40. The molecule has 0 aliphatic rings. The molecule has 0 aliphatic heterocycles. The number of benzene rings is 1. The fourth-order valence-corrected chi connectivity index (χ4v) is 2.54. The van der Waals surface area contributed by atoms with Crippen LogP contribution in [0, 0.1) is 11.3 Å². The Bertz CT molecular complexity index is 779. The average Bonchev–Trinajstić information content (AvgIpc) is 3.14. The summed E-state index contributed by atoms with van der Waals surface area (Å²) in [4.78, 5) is 35.6. The van der Waals surface area contributed by atoms with Crippen LogP contribution in [0.25, 0.3) is 0 Å². The van der Waals surface area contributed by atoms with Crippen molar-refractivity contribution in [2.45, 2.75) is 6.42 Å². The number of amides is 3. The Hall–Kier alpha value is -3.18. The highest BCUT2D eigenvalue weighted by Gasteiger charge is 2.10. The zero-order chi connectivity index (χ0) is 18.1. The first-order valence-corrected chi connectivity index (χ1v) is 8.30. The maximum Gasteiger partial charge on any atom is 0.261 e. The van der Waals surface area contributed by atoms with Gasteiger partial charge in [0.2, 0.25) is 11.8 Å². The predicted octanol–water partition coefficient (Wildman–Crippen LogP) is 1.30. The van der Waals surface area contributed by atoms with Crippen LogP contribution in [0.1, 0.15) is 15.2 Å². The normalized spacial score (nSPS) is 9.72. The average molecular weight is 356 g/mol. The maximum absolute atomic E-state index is 11.8. The molecule has 3 N–H and O–H groups in total. The molecule has 128 valence electrons. The van der Waals surface area contributed by atoms with Crippen molar-refractivity contribution in [1.29, 1.82) is 5.26 Å². The molecule has 1 aromatic heterocycles. The van der Waals surface area contributed by atoms with Crippen molar-refractivity contribution < 1.29 is 14.4 Å². The molecule has 0 atom stereocenters. The van der Waals surface area contributed by atoms with E-state index in [1.165, 1.54) is 11.3 Å². The molecule has 2 aromatic rings. The van der Waals surface area contributed by atoms with Gasteiger partial charge in [-0.25, -0.2) is 0 Å². The van der Waals surface area contributed by atoms with Crippen molar-refractivity contribution in [2.24, 2.45) is 0 Å². The number of rotatable bonds is 7. The molecule has 0 spiro atoms. The first-order valence-electron chi connectivity index (χ1n) is 7.42. The van der Waals surface area contributed by atoms with E-state index in [2.05, 4.69) is 16.0 Å². The number of nitriles is 1. The molecule has 7 nitrogen and oxygen atoms in total. The van der Waals surface area contributed by atoms with Crippen molar-refractivity contribution in [3.63, 3.8) is 0 Å². The van der Waals surface area contributed by atoms with Crippen LogP contribution in [0.4, 0.5) is 5.69 Å². The van der Waals surface area contributed by atoms with Gasteiger partial charge in [-0.2, -0.15) is 5.26 Å². The Morgan fingerprint density at radius 1 is 1.00 bits per heavy atom. The highest BCUT2D eigenvalue weighted by atomic mass is 32.1. The molecule has 0 bridgehead atoms. The SMILES string of the molecule is N#CCc1ccc(NC(=O)CNC(=O)CNC(=O)c2cccs2)cc1. The van der Waals surface area contributed by atoms with Gasteiger partial charge in [-0.3, -0.25) is 14.4 Å². The summed E-state index contributed by atoms with van der Waals surface area (Å²) in [5.41, 5.74) is 1.43. The van der Waals surface area contributed by atoms with Crippen molar-refractivity contribution in [3.8, 4) is 6.07 Å². The lowest BCUT2D eigenvalue weighted by atomic mass is 10.1. The summed E-state index contributed by atoms with van der Waals surface area (Å²) < 4.78 is 0. The second-order valence-electron chi connectivity index (χ2n) is 5.02. The predicted molar refractivity (Wildman–Crippen MR) is 94.1 cm³/mol. The largest absolute Gasteiger partial charge is 0.345 e. The van der Waals surface area contributed by atoms with E-state index in [0.717, 1.165) is 5.56 Å². The number of thiophene rings is 1. The third-order valence-corrected chi connectivity index (χ3v) is 3.99. The van der Waals surface area contributed by atoms with Crippen LogP contribution in [0.2, 0.25) is 0 Å². The molecule has 3 amide bonds. The van der Waals surface area contributed by atoms with E-state index in [0.29, 0.717) is 17.0 Å². The summed E-state index contributed by atoms with van der Waals surface area (Å²) in [5, 5.41) is 17.9. The van der Waals surface area contributed by atoms with Gasteiger partial charge < -0.3 is 16.0 Å². The second-order valence-corrected chi connectivity index (χ2v) is 5.96. The molecule has 0 saturated carbocycles. The molecule has 0 aliphatic carbocycles. The van der Waals surface area contributed by atoms with E-state index in [1.54, 1.807) is 41.8 Å². The smallest absolute Gasteiger partial charge is 0.261 e. The van der Waals surface area contributed by atoms with Crippen LogP contribution in [-0.2, 0) is 16.0 Å². The summed E-state index contributed by atoms with van der Waals surface area (Å²) in [5.74, 6) is -1.16. The first kappa shape index (κ1) is 18.2. The van der Waals surface area contributed by atoms with E-state index in [1.807, 2.05) is 6.07 Å². The van der Waals surface area contributed by atoms with Crippen LogP contribution < -0.4 is 16.0 Å². The summed E-state index contributed by atoms with van der Waals surface area (Å²) in [6, 6.07) is 12.3. The molecule has 0 fully saturated rings. The zero-order valence-electron chi connectivity index (χ0n) is 13.2. The molecule has 1 heterocycles. The fourth-order valence-electron chi connectivity index (χ4n) is 1.90. The monoisotopic (exact) mass is 356 g/mol.